The topological polar surface area (TPSA) is 50.1 Å². The van der Waals surface area contributed by atoms with Gasteiger partial charge in [-0.15, -0.1) is 11.8 Å². The monoisotopic (exact) mass is 417 g/mol. The molecule has 0 rings (SSSR count). The molecule has 0 aromatic rings. The number of carbonyl (C=O) groups excluding carboxylic acids is 1. The van der Waals surface area contributed by atoms with Gasteiger partial charge in [0.25, 0.3) is 0 Å². The van der Waals surface area contributed by atoms with Crippen molar-refractivity contribution in [1.82, 2.24) is 0 Å². The zero-order chi connectivity index (χ0) is 19.7. The Morgan fingerprint density at radius 3 is 2.12 bits per heavy atom. The molecular formula is C20H35NO2S3. The number of methoxy groups -OCH3 is 1. The molecule has 0 bridgehead atoms. The average molecular weight is 418 g/mol. The summed E-state index contributed by atoms with van der Waals surface area (Å²) >= 11 is 8.47. The van der Waals surface area contributed by atoms with Crippen molar-refractivity contribution in [2.75, 3.05) is 12.9 Å². The Morgan fingerprint density at radius 2 is 1.62 bits per heavy atom. The number of esters is 1. The molecule has 6 heteroatoms. The van der Waals surface area contributed by atoms with E-state index < -0.39 is 4.75 Å². The van der Waals surface area contributed by atoms with E-state index in [1.807, 2.05) is 6.92 Å². The Hall–Kier alpha value is -0.250. The molecule has 0 aliphatic heterocycles. The van der Waals surface area contributed by atoms with Crippen molar-refractivity contribution < 1.29 is 9.53 Å². The zero-order valence-electron chi connectivity index (χ0n) is 16.7. The van der Waals surface area contributed by atoms with Crippen molar-refractivity contribution in [3.8, 4) is 6.07 Å². The van der Waals surface area contributed by atoms with Gasteiger partial charge in [0.15, 0.2) is 0 Å². The molecular weight excluding hydrogens is 382 g/mol. The zero-order valence-corrected chi connectivity index (χ0v) is 19.1. The molecule has 0 amide bonds. The molecule has 0 spiro atoms. The van der Waals surface area contributed by atoms with Crippen LogP contribution in [0.25, 0.3) is 0 Å². The van der Waals surface area contributed by atoms with Crippen LogP contribution in [0.1, 0.15) is 90.9 Å². The van der Waals surface area contributed by atoms with Crippen LogP contribution in [0.15, 0.2) is 0 Å². The number of thioether (sulfide) groups is 2. The van der Waals surface area contributed by atoms with Crippen LogP contribution in [-0.4, -0.2) is 27.1 Å². The molecule has 0 aliphatic carbocycles. The number of thiocarbonyl (C=S) groups is 1. The Kier molecular flexibility index (Phi) is 16.7. The average Bonchev–Trinajstić information content (AvgIpc) is 2.64. The first-order valence-corrected chi connectivity index (χ1v) is 12.0. The first-order chi connectivity index (χ1) is 12.5. The Balaban J connectivity index is 3.69. The van der Waals surface area contributed by atoms with Crippen LogP contribution in [0.3, 0.4) is 0 Å². The van der Waals surface area contributed by atoms with E-state index in [9.17, 15) is 10.1 Å². The Labute approximate surface area is 174 Å². The quantitative estimate of drug-likeness (QED) is 0.164. The summed E-state index contributed by atoms with van der Waals surface area (Å²) in [6.45, 7) is 4.10. The van der Waals surface area contributed by atoms with Gasteiger partial charge in [-0.1, -0.05) is 88.7 Å². The van der Waals surface area contributed by atoms with Crippen molar-refractivity contribution in [2.45, 2.75) is 95.6 Å². The van der Waals surface area contributed by atoms with E-state index in [1.165, 1.54) is 83.1 Å². The summed E-state index contributed by atoms with van der Waals surface area (Å²) in [4.78, 5) is 11.3. The van der Waals surface area contributed by atoms with Gasteiger partial charge in [0.05, 0.1) is 13.2 Å². The summed E-state index contributed by atoms with van der Waals surface area (Å²) in [6.07, 6.45) is 14.0. The van der Waals surface area contributed by atoms with Gasteiger partial charge in [0.1, 0.15) is 8.28 Å². The molecule has 0 saturated heterocycles. The fourth-order valence-corrected chi connectivity index (χ4v) is 5.50. The summed E-state index contributed by atoms with van der Waals surface area (Å²) < 4.78 is 4.79. The minimum atomic E-state index is -0.657. The van der Waals surface area contributed by atoms with Gasteiger partial charge in [0, 0.05) is 6.42 Å². The molecule has 0 aromatic heterocycles. The van der Waals surface area contributed by atoms with Crippen LogP contribution < -0.4 is 0 Å². The number of hydrogen-bond acceptors (Lipinski definition) is 6. The van der Waals surface area contributed by atoms with E-state index in [1.54, 1.807) is 11.8 Å². The van der Waals surface area contributed by atoms with E-state index in [-0.39, 0.29) is 12.4 Å². The highest BCUT2D eigenvalue weighted by atomic mass is 32.2. The Bertz CT molecular complexity index is 437. The molecule has 0 unspecified atom stereocenters. The van der Waals surface area contributed by atoms with Crippen LogP contribution in [0, 0.1) is 11.3 Å². The van der Waals surface area contributed by atoms with Gasteiger partial charge < -0.3 is 4.74 Å². The van der Waals surface area contributed by atoms with E-state index in [0.717, 1.165) is 9.28 Å². The maximum Gasteiger partial charge on any atom is 0.305 e. The predicted octanol–water partition coefficient (Wildman–Crippen LogP) is 6.89. The molecule has 0 saturated carbocycles. The van der Waals surface area contributed by atoms with Crippen LogP contribution in [0.2, 0.25) is 0 Å². The first kappa shape index (κ1) is 25.8. The fourth-order valence-electron chi connectivity index (χ4n) is 2.53. The second-order valence-corrected chi connectivity index (χ2v) is 10.6. The normalized spacial score (nSPS) is 13.0. The van der Waals surface area contributed by atoms with Crippen molar-refractivity contribution in [1.29, 1.82) is 5.26 Å². The van der Waals surface area contributed by atoms with Crippen LogP contribution >= 0.6 is 35.7 Å². The highest BCUT2D eigenvalue weighted by Gasteiger charge is 2.27. The van der Waals surface area contributed by atoms with E-state index in [2.05, 4.69) is 17.7 Å². The highest BCUT2D eigenvalue weighted by Crippen LogP contribution is 2.34. The van der Waals surface area contributed by atoms with Crippen LogP contribution in [-0.2, 0) is 9.53 Å². The number of hydrogen-bond donors (Lipinski definition) is 0. The van der Waals surface area contributed by atoms with Gasteiger partial charge in [0.2, 0.25) is 0 Å². The lowest BCUT2D eigenvalue weighted by Gasteiger charge is -2.20. The summed E-state index contributed by atoms with van der Waals surface area (Å²) in [5.41, 5.74) is 0. The van der Waals surface area contributed by atoms with E-state index in [0.29, 0.717) is 6.42 Å². The molecule has 0 N–H and O–H groups in total. The number of nitrogens with zero attached hydrogens (tertiary/aromatic N) is 1. The third-order valence-electron chi connectivity index (χ3n) is 4.30. The SMILES string of the molecule is CCCCCCCCCCCCSC(=S)S[C@](C)(C#N)CCC(=O)OC. The maximum absolute atomic E-state index is 11.3. The molecule has 26 heavy (non-hydrogen) atoms. The number of rotatable bonds is 15. The van der Waals surface area contributed by atoms with Crippen LogP contribution in [0.4, 0.5) is 0 Å². The van der Waals surface area contributed by atoms with Gasteiger partial charge in [-0.25, -0.2) is 0 Å². The largest absolute Gasteiger partial charge is 0.469 e. The standard InChI is InChI=1S/C20H35NO2S3/c1-4-5-6-7-8-9-10-11-12-13-16-25-19(24)26-20(2,17-21)15-14-18(22)23-3/h4-16H2,1-3H3/t20-/m0/s1. The second-order valence-electron chi connectivity index (χ2n) is 6.80. The molecule has 150 valence electrons. The molecule has 0 radical (unpaired) electrons. The van der Waals surface area contributed by atoms with Crippen molar-refractivity contribution in [3.05, 3.63) is 0 Å². The minimum Gasteiger partial charge on any atom is -0.469 e. The number of nitriles is 1. The van der Waals surface area contributed by atoms with Gasteiger partial charge in [-0.05, 0) is 25.5 Å². The lowest BCUT2D eigenvalue weighted by molar-refractivity contribution is -0.140. The summed E-state index contributed by atoms with van der Waals surface area (Å²) in [5.74, 6) is 0.733. The first-order valence-electron chi connectivity index (χ1n) is 9.81. The van der Waals surface area contributed by atoms with Gasteiger partial charge in [-0.2, -0.15) is 5.26 Å². The molecule has 0 fully saturated rings. The number of ether oxygens (including phenoxy) is 1. The summed E-state index contributed by atoms with van der Waals surface area (Å²) in [5, 5.41) is 9.39. The smallest absolute Gasteiger partial charge is 0.305 e. The van der Waals surface area contributed by atoms with Crippen LogP contribution in [0.5, 0.6) is 0 Å². The summed E-state index contributed by atoms with van der Waals surface area (Å²) in [6, 6.07) is 2.29. The molecule has 0 aromatic carbocycles. The predicted molar refractivity (Wildman–Crippen MR) is 120 cm³/mol. The number of unbranched alkanes of at least 4 members (excludes halogenated alkanes) is 9. The summed E-state index contributed by atoms with van der Waals surface area (Å²) in [7, 11) is 1.37. The Morgan fingerprint density at radius 1 is 1.08 bits per heavy atom. The fraction of sp³-hybridized carbons (Fsp3) is 0.850. The third-order valence-corrected chi connectivity index (χ3v) is 7.14. The molecule has 0 aliphatic rings. The second kappa shape index (κ2) is 16.9. The van der Waals surface area contributed by atoms with Gasteiger partial charge in [-0.3, -0.25) is 4.79 Å². The highest BCUT2D eigenvalue weighted by molar-refractivity contribution is 8.47. The molecule has 1 atom stereocenters. The minimum absolute atomic E-state index is 0.249. The van der Waals surface area contributed by atoms with Crippen molar-refractivity contribution in [3.63, 3.8) is 0 Å². The van der Waals surface area contributed by atoms with Gasteiger partial charge >= 0.3 is 5.97 Å². The maximum atomic E-state index is 11.3. The lowest BCUT2D eigenvalue weighted by Crippen LogP contribution is -2.20. The molecule has 0 heterocycles. The van der Waals surface area contributed by atoms with Crippen molar-refractivity contribution >= 4 is 45.2 Å². The van der Waals surface area contributed by atoms with Crippen molar-refractivity contribution in [2.24, 2.45) is 0 Å². The lowest BCUT2D eigenvalue weighted by atomic mass is 10.1. The third kappa shape index (κ3) is 14.9. The molecule has 3 nitrogen and oxygen atoms in total. The van der Waals surface area contributed by atoms with E-state index >= 15 is 0 Å². The van der Waals surface area contributed by atoms with E-state index in [4.69, 9.17) is 12.2 Å². The number of carbonyl (C=O) groups is 1.